The first-order valence-corrected chi connectivity index (χ1v) is 10.2. The normalized spacial score (nSPS) is 20.2. The van der Waals surface area contributed by atoms with Crippen molar-refractivity contribution < 1.29 is 8.42 Å². The zero-order valence-corrected chi connectivity index (χ0v) is 15.6. The van der Waals surface area contributed by atoms with Crippen molar-refractivity contribution in [2.75, 3.05) is 13.1 Å². The summed E-state index contributed by atoms with van der Waals surface area (Å²) in [5.74, 6) is 0.340. The van der Waals surface area contributed by atoms with Gasteiger partial charge in [0.15, 0.2) is 0 Å². The van der Waals surface area contributed by atoms with Crippen LogP contribution in [0.2, 0.25) is 0 Å². The van der Waals surface area contributed by atoms with E-state index in [0.29, 0.717) is 27.7 Å². The molecule has 0 radical (unpaired) electrons. The van der Waals surface area contributed by atoms with Crippen LogP contribution in [0.3, 0.4) is 0 Å². The molecule has 0 saturated carbocycles. The van der Waals surface area contributed by atoms with Gasteiger partial charge in [-0.2, -0.15) is 4.31 Å². The molecule has 20 heavy (non-hydrogen) atoms. The van der Waals surface area contributed by atoms with Gasteiger partial charge in [-0.3, -0.25) is 0 Å². The van der Waals surface area contributed by atoms with Crippen molar-refractivity contribution in [2.45, 2.75) is 43.9 Å². The summed E-state index contributed by atoms with van der Waals surface area (Å²) in [6.45, 7) is 5.62. The summed E-state index contributed by atoms with van der Waals surface area (Å²) in [6, 6.07) is 1.69. The molecule has 3 nitrogen and oxygen atoms in total. The van der Waals surface area contributed by atoms with Crippen molar-refractivity contribution in [2.24, 2.45) is 5.41 Å². The molecule has 2 rings (SSSR count). The van der Waals surface area contributed by atoms with Crippen LogP contribution in [0.1, 0.15) is 38.0 Å². The Hall–Kier alpha value is 0.380. The third-order valence-electron chi connectivity index (χ3n) is 4.24. The number of hydrogen-bond acceptors (Lipinski definition) is 3. The number of sulfonamides is 1. The van der Waals surface area contributed by atoms with E-state index in [-0.39, 0.29) is 5.41 Å². The molecule has 0 N–H and O–H groups in total. The van der Waals surface area contributed by atoms with Crippen LogP contribution in [0.5, 0.6) is 0 Å². The van der Waals surface area contributed by atoms with E-state index in [1.54, 1.807) is 10.4 Å². The van der Waals surface area contributed by atoms with E-state index in [4.69, 9.17) is 11.6 Å². The molecule has 1 aromatic heterocycles. The third kappa shape index (κ3) is 3.24. The van der Waals surface area contributed by atoms with Gasteiger partial charge in [-0.15, -0.1) is 22.9 Å². The molecule has 1 aliphatic heterocycles. The summed E-state index contributed by atoms with van der Waals surface area (Å²) in [5, 5.41) is 0. The lowest BCUT2D eigenvalue weighted by Crippen LogP contribution is -2.41. The fourth-order valence-corrected chi connectivity index (χ4v) is 6.56. The number of halogens is 2. The predicted octanol–water partition coefficient (Wildman–Crippen LogP) is 4.45. The van der Waals surface area contributed by atoms with Gasteiger partial charge in [0.05, 0.1) is 9.67 Å². The summed E-state index contributed by atoms with van der Waals surface area (Å²) in [6.07, 6.45) is 2.94. The third-order valence-corrected chi connectivity index (χ3v) is 8.84. The number of alkyl halides is 1. The summed E-state index contributed by atoms with van der Waals surface area (Å²) >= 11 is 10.5. The van der Waals surface area contributed by atoms with E-state index in [9.17, 15) is 8.42 Å². The lowest BCUT2D eigenvalue weighted by atomic mass is 9.79. The molecule has 2 heterocycles. The maximum Gasteiger partial charge on any atom is 0.245 e. The highest BCUT2D eigenvalue weighted by Gasteiger charge is 2.35. The summed E-state index contributed by atoms with van der Waals surface area (Å²) in [4.78, 5) is 1.23. The van der Waals surface area contributed by atoms with Crippen LogP contribution in [0.25, 0.3) is 0 Å². The molecule has 1 saturated heterocycles. The van der Waals surface area contributed by atoms with Crippen LogP contribution in [-0.2, 0) is 15.9 Å². The monoisotopic (exact) mass is 399 g/mol. The largest absolute Gasteiger partial charge is 0.245 e. The maximum absolute atomic E-state index is 12.7. The van der Waals surface area contributed by atoms with E-state index in [2.05, 4.69) is 29.8 Å². The quantitative estimate of drug-likeness (QED) is 0.700. The number of thiophene rings is 1. The smallest absolute Gasteiger partial charge is 0.207 e. The van der Waals surface area contributed by atoms with Crippen LogP contribution in [0.15, 0.2) is 14.7 Å². The second-order valence-electron chi connectivity index (χ2n) is 5.55. The van der Waals surface area contributed by atoms with Crippen LogP contribution in [0.4, 0.5) is 0 Å². The second kappa shape index (κ2) is 6.24. The highest BCUT2D eigenvalue weighted by molar-refractivity contribution is 9.11. The van der Waals surface area contributed by atoms with E-state index in [0.717, 1.165) is 24.1 Å². The van der Waals surface area contributed by atoms with Gasteiger partial charge >= 0.3 is 0 Å². The Morgan fingerprint density at radius 3 is 2.50 bits per heavy atom. The predicted molar refractivity (Wildman–Crippen MR) is 88.0 cm³/mol. The lowest BCUT2D eigenvalue weighted by molar-refractivity contribution is 0.169. The van der Waals surface area contributed by atoms with Crippen molar-refractivity contribution in [1.29, 1.82) is 0 Å². The molecule has 7 heteroatoms. The highest BCUT2D eigenvalue weighted by atomic mass is 79.9. The number of nitrogens with zero attached hydrogens (tertiary/aromatic N) is 1. The molecule has 0 spiro atoms. The first-order valence-electron chi connectivity index (χ1n) is 6.67. The Balaban J connectivity index is 2.21. The molecular weight excluding hydrogens is 382 g/mol. The van der Waals surface area contributed by atoms with Crippen LogP contribution in [-0.4, -0.2) is 25.8 Å². The summed E-state index contributed by atoms with van der Waals surface area (Å²) < 4.78 is 27.6. The molecule has 0 aliphatic carbocycles. The zero-order valence-electron chi connectivity index (χ0n) is 11.7. The fraction of sp³-hybridized carbons (Fsp3) is 0.692. The Morgan fingerprint density at radius 1 is 1.45 bits per heavy atom. The summed E-state index contributed by atoms with van der Waals surface area (Å²) in [5.41, 5.74) is 0.277. The molecule has 114 valence electrons. The number of hydrogen-bond donors (Lipinski definition) is 0. The topological polar surface area (TPSA) is 37.4 Å². The molecule has 0 unspecified atom stereocenters. The van der Waals surface area contributed by atoms with Crippen molar-refractivity contribution in [1.82, 2.24) is 4.31 Å². The van der Waals surface area contributed by atoms with Crippen LogP contribution < -0.4 is 0 Å². The van der Waals surface area contributed by atoms with Gasteiger partial charge in [0.25, 0.3) is 0 Å². The average molecular weight is 401 g/mol. The van der Waals surface area contributed by atoms with Crippen molar-refractivity contribution in [3.63, 3.8) is 0 Å². The first-order chi connectivity index (χ1) is 9.32. The minimum absolute atomic E-state index is 0.277. The SMILES string of the molecule is CCC1(C)CCN(S(=O)(=O)c2cc(CCl)sc2Br)CC1. The lowest BCUT2D eigenvalue weighted by Gasteiger charge is -2.38. The number of rotatable bonds is 4. The van der Waals surface area contributed by atoms with Crippen molar-refractivity contribution >= 4 is 48.9 Å². The van der Waals surface area contributed by atoms with E-state index >= 15 is 0 Å². The van der Waals surface area contributed by atoms with Crippen LogP contribution in [0, 0.1) is 5.41 Å². The van der Waals surface area contributed by atoms with Gasteiger partial charge in [0.2, 0.25) is 10.0 Å². The van der Waals surface area contributed by atoms with E-state index < -0.39 is 10.0 Å². The molecule has 0 atom stereocenters. The van der Waals surface area contributed by atoms with E-state index in [1.807, 2.05) is 0 Å². The number of piperidine rings is 1. The van der Waals surface area contributed by atoms with Gasteiger partial charge < -0.3 is 0 Å². The van der Waals surface area contributed by atoms with Gasteiger partial charge in [-0.05, 0) is 40.3 Å². The van der Waals surface area contributed by atoms with Gasteiger partial charge in [-0.1, -0.05) is 20.3 Å². The van der Waals surface area contributed by atoms with Crippen molar-refractivity contribution in [3.05, 3.63) is 14.7 Å². The molecule has 1 aliphatic rings. The molecule has 1 fully saturated rings. The first kappa shape index (κ1) is 16.7. The van der Waals surface area contributed by atoms with Gasteiger partial charge in [-0.25, -0.2) is 8.42 Å². The van der Waals surface area contributed by atoms with Gasteiger partial charge in [0.1, 0.15) is 4.90 Å². The Bertz CT molecular complexity index is 577. The van der Waals surface area contributed by atoms with Gasteiger partial charge in [0, 0.05) is 18.0 Å². The minimum atomic E-state index is -3.40. The molecule has 0 amide bonds. The summed E-state index contributed by atoms with van der Waals surface area (Å²) in [7, 11) is -3.40. The standard InChI is InChI=1S/C13H19BrClNO2S2/c1-3-13(2)4-6-16(7-5-13)20(17,18)11-8-10(9-15)19-12(11)14/h8H,3-7,9H2,1-2H3. The fourth-order valence-electron chi connectivity index (χ4n) is 2.40. The zero-order chi connectivity index (χ0) is 15.0. The highest BCUT2D eigenvalue weighted by Crippen LogP contribution is 2.39. The van der Waals surface area contributed by atoms with Crippen molar-refractivity contribution in [3.8, 4) is 0 Å². The minimum Gasteiger partial charge on any atom is -0.207 e. The molecule has 0 bridgehead atoms. The second-order valence-corrected chi connectivity index (χ2v) is 10.2. The molecular formula is C13H19BrClNO2S2. The molecule has 0 aromatic carbocycles. The average Bonchev–Trinajstić information content (AvgIpc) is 2.81. The van der Waals surface area contributed by atoms with Crippen LogP contribution >= 0.6 is 38.9 Å². The Morgan fingerprint density at radius 2 is 2.05 bits per heavy atom. The maximum atomic E-state index is 12.7. The Kier molecular flexibility index (Phi) is 5.23. The molecule has 1 aromatic rings. The Labute approximate surface area is 138 Å². The van der Waals surface area contributed by atoms with E-state index in [1.165, 1.54) is 11.3 Å².